The van der Waals surface area contributed by atoms with Gasteiger partial charge in [-0.25, -0.2) is 4.39 Å². The summed E-state index contributed by atoms with van der Waals surface area (Å²) in [5.74, 6) is -0.478. The zero-order valence-electron chi connectivity index (χ0n) is 10.9. The summed E-state index contributed by atoms with van der Waals surface area (Å²) in [5, 5.41) is 19.3. The highest BCUT2D eigenvalue weighted by Crippen LogP contribution is 2.27. The first-order chi connectivity index (χ1) is 9.42. The van der Waals surface area contributed by atoms with E-state index in [2.05, 4.69) is 0 Å². The summed E-state index contributed by atoms with van der Waals surface area (Å²) in [5.41, 5.74) is 0.854. The predicted octanol–water partition coefficient (Wildman–Crippen LogP) is 3.80. The molecule has 0 amide bonds. The third-order valence-electron chi connectivity index (χ3n) is 3.17. The second-order valence-corrected chi connectivity index (χ2v) is 5.30. The van der Waals surface area contributed by atoms with Crippen LogP contribution in [0.3, 0.4) is 0 Å². The van der Waals surface area contributed by atoms with Crippen molar-refractivity contribution in [2.75, 3.05) is 0 Å². The maximum Gasteiger partial charge on any atom is 0.141 e. The molecule has 2 nitrogen and oxygen atoms in total. The van der Waals surface area contributed by atoms with Gasteiger partial charge in [0, 0.05) is 6.42 Å². The standard InChI is InChI=1S/C16H13ClFNO/c1-16(20,13-5-2-11(10-19)3-6-13)9-12-4-7-15(18)14(17)8-12/h2-8,20H,9H2,1H3. The van der Waals surface area contributed by atoms with Crippen molar-refractivity contribution in [2.45, 2.75) is 18.9 Å². The van der Waals surface area contributed by atoms with Crippen LogP contribution in [0.15, 0.2) is 42.5 Å². The molecule has 2 aromatic carbocycles. The molecule has 0 spiro atoms. The van der Waals surface area contributed by atoms with Crippen LogP contribution < -0.4 is 0 Å². The summed E-state index contributed by atoms with van der Waals surface area (Å²) >= 11 is 5.74. The molecule has 1 unspecified atom stereocenters. The van der Waals surface area contributed by atoms with Crippen LogP contribution in [0.4, 0.5) is 4.39 Å². The van der Waals surface area contributed by atoms with Crippen LogP contribution in [-0.2, 0) is 12.0 Å². The second-order valence-electron chi connectivity index (χ2n) is 4.89. The number of aliphatic hydroxyl groups is 1. The van der Waals surface area contributed by atoms with Gasteiger partial charge in [0.1, 0.15) is 5.82 Å². The quantitative estimate of drug-likeness (QED) is 0.934. The highest BCUT2D eigenvalue weighted by Gasteiger charge is 2.23. The van der Waals surface area contributed by atoms with Crippen molar-refractivity contribution in [3.8, 4) is 6.07 Å². The smallest absolute Gasteiger partial charge is 0.141 e. The summed E-state index contributed by atoms with van der Waals surface area (Å²) in [6.45, 7) is 1.67. The Balaban J connectivity index is 2.25. The van der Waals surface area contributed by atoms with Crippen LogP contribution in [0.25, 0.3) is 0 Å². The molecule has 2 aromatic rings. The van der Waals surface area contributed by atoms with Gasteiger partial charge in [0.15, 0.2) is 0 Å². The lowest BCUT2D eigenvalue weighted by Gasteiger charge is -2.24. The normalized spacial score (nSPS) is 13.6. The summed E-state index contributed by atoms with van der Waals surface area (Å²) in [6.07, 6.45) is 0.304. The van der Waals surface area contributed by atoms with Crippen molar-refractivity contribution in [2.24, 2.45) is 0 Å². The molecule has 0 saturated carbocycles. The molecule has 0 saturated heterocycles. The summed E-state index contributed by atoms with van der Waals surface area (Å²) < 4.78 is 13.1. The largest absolute Gasteiger partial charge is 0.385 e. The van der Waals surface area contributed by atoms with E-state index in [1.807, 2.05) is 6.07 Å². The molecule has 0 fully saturated rings. The number of benzene rings is 2. The van der Waals surface area contributed by atoms with Gasteiger partial charge in [-0.1, -0.05) is 29.8 Å². The molecule has 0 aliphatic carbocycles. The number of nitrogens with zero attached hydrogens (tertiary/aromatic N) is 1. The SMILES string of the molecule is CC(O)(Cc1ccc(F)c(Cl)c1)c1ccc(C#N)cc1. The molecule has 0 bridgehead atoms. The average Bonchev–Trinajstić information content (AvgIpc) is 2.43. The Labute approximate surface area is 122 Å². The first-order valence-electron chi connectivity index (χ1n) is 6.09. The Kier molecular flexibility index (Phi) is 4.08. The zero-order valence-corrected chi connectivity index (χ0v) is 11.7. The van der Waals surface area contributed by atoms with Gasteiger partial charge in [0.25, 0.3) is 0 Å². The monoisotopic (exact) mass is 289 g/mol. The van der Waals surface area contributed by atoms with Gasteiger partial charge in [-0.3, -0.25) is 0 Å². The van der Waals surface area contributed by atoms with E-state index < -0.39 is 11.4 Å². The number of rotatable bonds is 3. The van der Waals surface area contributed by atoms with Crippen molar-refractivity contribution in [3.63, 3.8) is 0 Å². The van der Waals surface area contributed by atoms with E-state index in [1.54, 1.807) is 37.3 Å². The van der Waals surface area contributed by atoms with Crippen molar-refractivity contribution >= 4 is 11.6 Å². The third kappa shape index (κ3) is 3.16. The van der Waals surface area contributed by atoms with Crippen molar-refractivity contribution in [1.82, 2.24) is 0 Å². The Hall–Kier alpha value is -1.89. The number of nitriles is 1. The first kappa shape index (κ1) is 14.5. The van der Waals surface area contributed by atoms with Gasteiger partial charge in [-0.2, -0.15) is 5.26 Å². The topological polar surface area (TPSA) is 44.0 Å². The number of halogens is 2. The van der Waals surface area contributed by atoms with Gasteiger partial charge in [0.05, 0.1) is 22.3 Å². The van der Waals surface area contributed by atoms with E-state index in [1.165, 1.54) is 12.1 Å². The maximum atomic E-state index is 13.1. The van der Waals surface area contributed by atoms with Gasteiger partial charge < -0.3 is 5.11 Å². The van der Waals surface area contributed by atoms with Crippen molar-refractivity contribution in [1.29, 1.82) is 5.26 Å². The molecule has 1 atom stereocenters. The van der Waals surface area contributed by atoms with Gasteiger partial charge in [0.2, 0.25) is 0 Å². The van der Waals surface area contributed by atoms with Crippen molar-refractivity contribution in [3.05, 3.63) is 70.0 Å². The molecular weight excluding hydrogens is 277 g/mol. The Morgan fingerprint density at radius 1 is 1.25 bits per heavy atom. The predicted molar refractivity (Wildman–Crippen MR) is 75.8 cm³/mol. The van der Waals surface area contributed by atoms with E-state index in [4.69, 9.17) is 16.9 Å². The molecular formula is C16H13ClFNO. The van der Waals surface area contributed by atoms with Crippen LogP contribution in [0.5, 0.6) is 0 Å². The van der Waals surface area contributed by atoms with Gasteiger partial charge in [-0.05, 0) is 42.3 Å². The van der Waals surface area contributed by atoms with Crippen LogP contribution >= 0.6 is 11.6 Å². The lowest BCUT2D eigenvalue weighted by Crippen LogP contribution is -2.24. The van der Waals surface area contributed by atoms with E-state index in [0.29, 0.717) is 17.5 Å². The van der Waals surface area contributed by atoms with E-state index in [-0.39, 0.29) is 5.02 Å². The van der Waals surface area contributed by atoms with E-state index in [0.717, 1.165) is 5.56 Å². The third-order valence-corrected chi connectivity index (χ3v) is 3.46. The Morgan fingerprint density at radius 2 is 1.90 bits per heavy atom. The average molecular weight is 290 g/mol. The Bertz CT molecular complexity index is 659. The summed E-state index contributed by atoms with van der Waals surface area (Å²) in [4.78, 5) is 0. The highest BCUT2D eigenvalue weighted by molar-refractivity contribution is 6.30. The fraction of sp³-hybridized carbons (Fsp3) is 0.188. The Morgan fingerprint density at radius 3 is 2.45 bits per heavy atom. The number of hydrogen-bond donors (Lipinski definition) is 1. The van der Waals surface area contributed by atoms with Gasteiger partial charge in [-0.15, -0.1) is 0 Å². The second kappa shape index (κ2) is 5.62. The molecule has 0 aliphatic heterocycles. The minimum Gasteiger partial charge on any atom is -0.385 e. The molecule has 0 aliphatic rings. The van der Waals surface area contributed by atoms with Crippen LogP contribution in [-0.4, -0.2) is 5.11 Å². The van der Waals surface area contributed by atoms with E-state index >= 15 is 0 Å². The lowest BCUT2D eigenvalue weighted by atomic mass is 9.88. The van der Waals surface area contributed by atoms with Crippen LogP contribution in [0, 0.1) is 17.1 Å². The molecule has 20 heavy (non-hydrogen) atoms. The first-order valence-corrected chi connectivity index (χ1v) is 6.47. The molecule has 0 heterocycles. The van der Waals surface area contributed by atoms with E-state index in [9.17, 15) is 9.50 Å². The van der Waals surface area contributed by atoms with Gasteiger partial charge >= 0.3 is 0 Å². The minimum absolute atomic E-state index is 0.0399. The van der Waals surface area contributed by atoms with Crippen molar-refractivity contribution < 1.29 is 9.50 Å². The molecule has 0 aromatic heterocycles. The molecule has 102 valence electrons. The minimum atomic E-state index is -1.12. The molecule has 1 N–H and O–H groups in total. The summed E-state index contributed by atoms with van der Waals surface area (Å²) in [7, 11) is 0. The van der Waals surface area contributed by atoms with Crippen LogP contribution in [0.1, 0.15) is 23.6 Å². The maximum absolute atomic E-state index is 13.1. The summed E-state index contributed by atoms with van der Waals surface area (Å²) in [6, 6.07) is 13.2. The molecule has 4 heteroatoms. The fourth-order valence-corrected chi connectivity index (χ4v) is 2.26. The number of hydrogen-bond acceptors (Lipinski definition) is 2. The molecule has 0 radical (unpaired) electrons. The molecule has 2 rings (SSSR count). The zero-order chi connectivity index (χ0) is 14.8. The highest BCUT2D eigenvalue weighted by atomic mass is 35.5. The van der Waals surface area contributed by atoms with Crippen LogP contribution in [0.2, 0.25) is 5.02 Å². The lowest BCUT2D eigenvalue weighted by molar-refractivity contribution is 0.0576. The fourth-order valence-electron chi connectivity index (χ4n) is 2.05.